The average Bonchev–Trinajstić information content (AvgIpc) is 3.17. The van der Waals surface area contributed by atoms with Gasteiger partial charge in [-0.3, -0.25) is 4.99 Å². The van der Waals surface area contributed by atoms with Crippen LogP contribution in [0.4, 0.5) is 5.69 Å². The number of allylic oxidation sites excluding steroid dienone is 4. The molecule has 0 aromatic heterocycles. The monoisotopic (exact) mass is 353 g/mol. The smallest absolute Gasteiger partial charge is 0.200 e. The maximum atomic E-state index is 5.98. The van der Waals surface area contributed by atoms with Crippen molar-refractivity contribution in [3.05, 3.63) is 71.4 Å². The largest absolute Gasteiger partial charge is 0.464 e. The van der Waals surface area contributed by atoms with Crippen molar-refractivity contribution >= 4 is 23.4 Å². The number of nitrogens with zero attached hydrogens (tertiary/aromatic N) is 1. The summed E-state index contributed by atoms with van der Waals surface area (Å²) in [6, 6.07) is 8.15. The summed E-state index contributed by atoms with van der Waals surface area (Å²) in [5.74, 6) is 1.62. The Morgan fingerprint density at radius 2 is 2.08 bits per heavy atom. The molecular weight excluding hydrogens is 334 g/mol. The molecule has 128 valence electrons. The van der Waals surface area contributed by atoms with Crippen LogP contribution in [0.3, 0.4) is 0 Å². The zero-order valence-electron chi connectivity index (χ0n) is 13.7. The second-order valence-corrected chi connectivity index (χ2v) is 6.80. The number of aliphatic imine (C=N–C) groups is 1. The van der Waals surface area contributed by atoms with Crippen LogP contribution in [0, 0.1) is 0 Å². The highest BCUT2D eigenvalue weighted by atomic mass is 32.2. The van der Waals surface area contributed by atoms with Gasteiger partial charge in [-0.15, -0.1) is 0 Å². The molecule has 2 N–H and O–H groups in total. The maximum Gasteiger partial charge on any atom is 0.200 e. The standard InChI is InChI=1S/C19H19N3O2S/c1-2-4-14(5-3-1)17-12-23-13-18(24-17)25-16-8-6-15(7-9-16)22-19-20-10-11-21-19/h1-2,4,6-9,12-13H,3,5,10-11H2,(H2,20,21,22). The third kappa shape index (κ3) is 4.09. The molecule has 2 aliphatic heterocycles. The van der Waals surface area contributed by atoms with Gasteiger partial charge in [-0.1, -0.05) is 18.2 Å². The lowest BCUT2D eigenvalue weighted by atomic mass is 10.0. The second kappa shape index (κ2) is 7.53. The summed E-state index contributed by atoms with van der Waals surface area (Å²) in [7, 11) is 0. The van der Waals surface area contributed by atoms with Crippen molar-refractivity contribution in [2.24, 2.45) is 4.99 Å². The predicted octanol–water partition coefficient (Wildman–Crippen LogP) is 4.11. The molecule has 1 aliphatic carbocycles. The van der Waals surface area contributed by atoms with Crippen LogP contribution < -0.4 is 10.6 Å². The molecule has 6 heteroatoms. The first-order valence-corrected chi connectivity index (χ1v) is 9.11. The van der Waals surface area contributed by atoms with Gasteiger partial charge in [0, 0.05) is 17.1 Å². The number of ether oxygens (including phenoxy) is 2. The van der Waals surface area contributed by atoms with Gasteiger partial charge in [-0.25, -0.2) is 0 Å². The molecule has 0 amide bonds. The molecule has 2 heterocycles. The third-order valence-electron chi connectivity index (χ3n) is 3.89. The summed E-state index contributed by atoms with van der Waals surface area (Å²) >= 11 is 1.54. The van der Waals surface area contributed by atoms with Crippen LogP contribution in [0.1, 0.15) is 12.8 Å². The van der Waals surface area contributed by atoms with Gasteiger partial charge < -0.3 is 20.1 Å². The van der Waals surface area contributed by atoms with Crippen molar-refractivity contribution in [3.8, 4) is 0 Å². The van der Waals surface area contributed by atoms with E-state index in [1.54, 1.807) is 12.5 Å². The normalized spacial score (nSPS) is 18.9. The minimum atomic E-state index is 0.732. The number of nitrogens with one attached hydrogen (secondary N) is 2. The SMILES string of the molecule is C1=CCCC(C2=COC=C(Sc3ccc(NC4=NCCN4)cc3)O2)=C1. The van der Waals surface area contributed by atoms with Gasteiger partial charge in [0.15, 0.2) is 11.7 Å². The highest BCUT2D eigenvalue weighted by Crippen LogP contribution is 2.34. The van der Waals surface area contributed by atoms with Gasteiger partial charge in [0.25, 0.3) is 0 Å². The van der Waals surface area contributed by atoms with Crippen LogP contribution in [-0.4, -0.2) is 19.0 Å². The first-order chi connectivity index (χ1) is 12.4. The van der Waals surface area contributed by atoms with Crippen molar-refractivity contribution < 1.29 is 9.47 Å². The van der Waals surface area contributed by atoms with Crippen molar-refractivity contribution in [2.75, 3.05) is 18.4 Å². The van der Waals surface area contributed by atoms with Crippen LogP contribution in [-0.2, 0) is 9.47 Å². The Labute approximate surface area is 151 Å². The molecule has 25 heavy (non-hydrogen) atoms. The highest BCUT2D eigenvalue weighted by Gasteiger charge is 2.16. The molecule has 0 unspecified atom stereocenters. The average molecular weight is 353 g/mol. The Kier molecular flexibility index (Phi) is 4.79. The topological polar surface area (TPSA) is 54.9 Å². The molecule has 0 saturated heterocycles. The molecular formula is C19H19N3O2S. The Hall–Kier alpha value is -2.60. The number of thioether (sulfide) groups is 1. The summed E-state index contributed by atoms with van der Waals surface area (Å²) in [6.45, 7) is 1.72. The fourth-order valence-electron chi connectivity index (χ4n) is 2.64. The maximum absolute atomic E-state index is 5.98. The molecule has 5 nitrogen and oxygen atoms in total. The van der Waals surface area contributed by atoms with Crippen molar-refractivity contribution in [3.63, 3.8) is 0 Å². The molecule has 1 aromatic rings. The van der Waals surface area contributed by atoms with E-state index in [0.717, 1.165) is 58.9 Å². The minimum absolute atomic E-state index is 0.732. The van der Waals surface area contributed by atoms with Crippen LogP contribution in [0.15, 0.2) is 81.3 Å². The number of hydrogen-bond acceptors (Lipinski definition) is 6. The van der Waals surface area contributed by atoms with Gasteiger partial charge in [0.1, 0.15) is 12.5 Å². The van der Waals surface area contributed by atoms with Crippen molar-refractivity contribution in [1.29, 1.82) is 0 Å². The highest BCUT2D eigenvalue weighted by molar-refractivity contribution is 8.02. The first-order valence-electron chi connectivity index (χ1n) is 8.30. The zero-order chi connectivity index (χ0) is 16.9. The molecule has 0 saturated carbocycles. The molecule has 0 atom stereocenters. The molecule has 3 aliphatic rings. The van der Waals surface area contributed by atoms with Crippen LogP contribution in [0.2, 0.25) is 0 Å². The summed E-state index contributed by atoms with van der Waals surface area (Å²) in [4.78, 5) is 5.41. The molecule has 0 radical (unpaired) electrons. The second-order valence-electron chi connectivity index (χ2n) is 5.72. The molecule has 0 bridgehead atoms. The number of guanidine groups is 1. The lowest BCUT2D eigenvalue weighted by Crippen LogP contribution is -2.26. The Morgan fingerprint density at radius 3 is 2.84 bits per heavy atom. The summed E-state index contributed by atoms with van der Waals surface area (Å²) in [5.41, 5.74) is 2.17. The molecule has 1 aromatic carbocycles. The Balaban J connectivity index is 1.36. The zero-order valence-corrected chi connectivity index (χ0v) is 14.5. The number of rotatable bonds is 4. The van der Waals surface area contributed by atoms with Crippen LogP contribution in [0.5, 0.6) is 0 Å². The quantitative estimate of drug-likeness (QED) is 0.853. The molecule has 4 rings (SSSR count). The van der Waals surface area contributed by atoms with Crippen molar-refractivity contribution in [2.45, 2.75) is 17.7 Å². The van der Waals surface area contributed by atoms with Gasteiger partial charge in [0.2, 0.25) is 5.09 Å². The van der Waals surface area contributed by atoms with Crippen LogP contribution in [0.25, 0.3) is 0 Å². The van der Waals surface area contributed by atoms with E-state index in [0.29, 0.717) is 0 Å². The lowest BCUT2D eigenvalue weighted by Gasteiger charge is -2.19. The van der Waals surface area contributed by atoms with E-state index in [1.165, 1.54) is 11.8 Å². The van der Waals surface area contributed by atoms with Gasteiger partial charge in [-0.05, 0) is 54.4 Å². The summed E-state index contributed by atoms with van der Waals surface area (Å²) in [5, 5.41) is 7.18. The van der Waals surface area contributed by atoms with E-state index in [4.69, 9.17) is 9.47 Å². The van der Waals surface area contributed by atoms with Gasteiger partial charge in [0.05, 0.1) is 6.54 Å². The van der Waals surface area contributed by atoms with E-state index in [9.17, 15) is 0 Å². The third-order valence-corrected chi connectivity index (χ3v) is 4.78. The van der Waals surface area contributed by atoms with E-state index >= 15 is 0 Å². The molecule has 0 spiro atoms. The number of anilines is 1. The number of hydrogen-bond donors (Lipinski definition) is 2. The summed E-state index contributed by atoms with van der Waals surface area (Å²) < 4.78 is 11.4. The first kappa shape index (κ1) is 15.9. The Bertz CT molecular complexity index is 791. The molecule has 0 fully saturated rings. The van der Waals surface area contributed by atoms with E-state index in [1.807, 2.05) is 24.3 Å². The van der Waals surface area contributed by atoms with E-state index in [2.05, 4.69) is 33.9 Å². The Morgan fingerprint density at radius 1 is 1.16 bits per heavy atom. The van der Waals surface area contributed by atoms with Gasteiger partial charge >= 0.3 is 0 Å². The lowest BCUT2D eigenvalue weighted by molar-refractivity contribution is 0.253. The van der Waals surface area contributed by atoms with E-state index < -0.39 is 0 Å². The predicted molar refractivity (Wildman–Crippen MR) is 101 cm³/mol. The summed E-state index contributed by atoms with van der Waals surface area (Å²) in [6.07, 6.45) is 11.6. The van der Waals surface area contributed by atoms with Crippen molar-refractivity contribution in [1.82, 2.24) is 5.32 Å². The van der Waals surface area contributed by atoms with Gasteiger partial charge in [-0.2, -0.15) is 0 Å². The minimum Gasteiger partial charge on any atom is -0.464 e. The van der Waals surface area contributed by atoms with Crippen LogP contribution >= 0.6 is 11.8 Å². The number of benzene rings is 1. The fourth-order valence-corrected chi connectivity index (χ4v) is 3.38. The van der Waals surface area contributed by atoms with E-state index in [-0.39, 0.29) is 0 Å². The fraction of sp³-hybridized carbons (Fsp3) is 0.211.